The van der Waals surface area contributed by atoms with Crippen molar-refractivity contribution in [3.8, 4) is 0 Å². The number of nitrogens with zero attached hydrogens (tertiary/aromatic N) is 3. The molecular formula is C12H21N5O3. The van der Waals surface area contributed by atoms with Crippen molar-refractivity contribution in [2.24, 2.45) is 5.84 Å². The summed E-state index contributed by atoms with van der Waals surface area (Å²) in [6, 6.07) is 1.52. The van der Waals surface area contributed by atoms with Crippen LogP contribution in [-0.2, 0) is 16.1 Å². The van der Waals surface area contributed by atoms with Gasteiger partial charge in [0, 0.05) is 39.7 Å². The van der Waals surface area contributed by atoms with E-state index in [0.717, 1.165) is 5.69 Å². The van der Waals surface area contributed by atoms with Gasteiger partial charge in [-0.05, 0) is 6.42 Å². The molecule has 3 N–H and O–H groups in total. The molecule has 0 saturated heterocycles. The van der Waals surface area contributed by atoms with Gasteiger partial charge in [0.1, 0.15) is 0 Å². The number of carbonyl (C=O) groups excluding carboxylic acids is 1. The Morgan fingerprint density at radius 1 is 1.60 bits per heavy atom. The molecule has 8 heteroatoms. The number of nitrogens with one attached hydrogen (secondary N) is 1. The minimum atomic E-state index is -0.256. The number of methoxy groups -OCH3 is 1. The van der Waals surface area contributed by atoms with Crippen molar-refractivity contribution in [1.82, 2.24) is 15.2 Å². The van der Waals surface area contributed by atoms with Gasteiger partial charge in [-0.2, -0.15) is 5.10 Å². The van der Waals surface area contributed by atoms with E-state index in [1.165, 1.54) is 10.7 Å². The molecule has 0 spiro atoms. The zero-order valence-electron chi connectivity index (χ0n) is 11.8. The van der Waals surface area contributed by atoms with Crippen molar-refractivity contribution >= 4 is 11.6 Å². The minimum Gasteiger partial charge on any atom is -0.383 e. The molecule has 1 aromatic rings. The second-order valence-corrected chi connectivity index (χ2v) is 4.36. The molecule has 0 aliphatic heterocycles. The molecule has 112 valence electrons. The largest absolute Gasteiger partial charge is 0.383 e. The van der Waals surface area contributed by atoms with Gasteiger partial charge < -0.3 is 9.64 Å². The lowest BCUT2D eigenvalue weighted by Crippen LogP contribution is -2.31. The summed E-state index contributed by atoms with van der Waals surface area (Å²) >= 11 is 0. The fraction of sp³-hybridized carbons (Fsp3) is 0.583. The van der Waals surface area contributed by atoms with Crippen LogP contribution in [0.2, 0.25) is 0 Å². The lowest BCUT2D eigenvalue weighted by molar-refractivity contribution is -0.121. The fourth-order valence-electron chi connectivity index (χ4n) is 1.62. The van der Waals surface area contributed by atoms with Crippen molar-refractivity contribution in [3.05, 3.63) is 22.6 Å². The van der Waals surface area contributed by atoms with Gasteiger partial charge in [0.2, 0.25) is 5.91 Å². The highest BCUT2D eigenvalue weighted by Crippen LogP contribution is 2.06. The van der Waals surface area contributed by atoms with Crippen LogP contribution < -0.4 is 21.7 Å². The molecule has 1 amide bonds. The monoisotopic (exact) mass is 283 g/mol. The van der Waals surface area contributed by atoms with Crippen LogP contribution in [0.5, 0.6) is 0 Å². The number of hydrazine groups is 1. The molecule has 0 atom stereocenters. The second-order valence-electron chi connectivity index (χ2n) is 4.36. The van der Waals surface area contributed by atoms with Gasteiger partial charge in [0.15, 0.2) is 0 Å². The van der Waals surface area contributed by atoms with Crippen LogP contribution >= 0.6 is 0 Å². The summed E-state index contributed by atoms with van der Waals surface area (Å²) in [5.41, 5.74) is 2.59. The third-order valence-electron chi connectivity index (χ3n) is 2.86. The van der Waals surface area contributed by atoms with Gasteiger partial charge in [-0.15, -0.1) is 0 Å². The summed E-state index contributed by atoms with van der Waals surface area (Å²) in [5, 5.41) is 4.09. The Morgan fingerprint density at radius 3 is 2.95 bits per heavy atom. The number of aromatic nitrogens is 2. The SMILES string of the molecule is COCCN(C)c1cnn(CCCC(=O)NN)c(=O)c1. The maximum Gasteiger partial charge on any atom is 0.268 e. The number of hydrogen-bond donors (Lipinski definition) is 2. The van der Waals surface area contributed by atoms with Crippen LogP contribution in [0.3, 0.4) is 0 Å². The van der Waals surface area contributed by atoms with E-state index in [4.69, 9.17) is 10.6 Å². The van der Waals surface area contributed by atoms with E-state index in [0.29, 0.717) is 26.1 Å². The summed E-state index contributed by atoms with van der Waals surface area (Å²) in [7, 11) is 3.49. The summed E-state index contributed by atoms with van der Waals surface area (Å²) in [4.78, 5) is 24.7. The van der Waals surface area contributed by atoms with E-state index in [-0.39, 0.29) is 17.9 Å². The van der Waals surface area contributed by atoms with Crippen LogP contribution in [-0.4, -0.2) is 43.0 Å². The van der Waals surface area contributed by atoms with E-state index in [9.17, 15) is 9.59 Å². The fourth-order valence-corrected chi connectivity index (χ4v) is 1.62. The van der Waals surface area contributed by atoms with Crippen LogP contribution in [0.4, 0.5) is 5.69 Å². The van der Waals surface area contributed by atoms with Crippen LogP contribution in [0.25, 0.3) is 0 Å². The van der Waals surface area contributed by atoms with Gasteiger partial charge >= 0.3 is 0 Å². The number of rotatable bonds is 8. The van der Waals surface area contributed by atoms with Crippen LogP contribution in [0.15, 0.2) is 17.1 Å². The Kier molecular flexibility index (Phi) is 6.68. The second kappa shape index (κ2) is 8.28. The zero-order chi connectivity index (χ0) is 15.0. The Bertz CT molecular complexity index is 488. The number of ether oxygens (including phenoxy) is 1. The van der Waals surface area contributed by atoms with E-state index in [1.807, 2.05) is 17.4 Å². The van der Waals surface area contributed by atoms with Crippen LogP contribution in [0.1, 0.15) is 12.8 Å². The molecule has 0 aromatic carbocycles. The van der Waals surface area contributed by atoms with E-state index in [1.54, 1.807) is 13.3 Å². The maximum absolute atomic E-state index is 11.9. The Labute approximate surface area is 117 Å². The van der Waals surface area contributed by atoms with Crippen LogP contribution in [0, 0.1) is 0 Å². The maximum atomic E-state index is 11.9. The first-order valence-electron chi connectivity index (χ1n) is 6.35. The molecule has 1 heterocycles. The number of carbonyl (C=O) groups is 1. The normalized spacial score (nSPS) is 10.3. The number of hydrogen-bond acceptors (Lipinski definition) is 6. The summed E-state index contributed by atoms with van der Waals surface area (Å²) < 4.78 is 6.31. The minimum absolute atomic E-state index is 0.195. The van der Waals surface area contributed by atoms with Gasteiger partial charge in [-0.1, -0.05) is 0 Å². The summed E-state index contributed by atoms with van der Waals surface area (Å²) in [6.07, 6.45) is 2.40. The van der Waals surface area contributed by atoms with Gasteiger partial charge in [0.05, 0.1) is 18.5 Å². The zero-order valence-corrected chi connectivity index (χ0v) is 11.8. The molecule has 20 heavy (non-hydrogen) atoms. The number of amides is 1. The quantitative estimate of drug-likeness (QED) is 0.364. The standard InChI is InChI=1S/C12H21N5O3/c1-16(6-7-20-2)10-8-12(19)17(14-9-10)5-3-4-11(18)15-13/h8-9H,3-7,13H2,1-2H3,(H,15,18). The van der Waals surface area contributed by atoms with Crippen molar-refractivity contribution in [2.75, 3.05) is 32.2 Å². The van der Waals surface area contributed by atoms with E-state index >= 15 is 0 Å². The average Bonchev–Trinajstić information content (AvgIpc) is 2.46. The van der Waals surface area contributed by atoms with E-state index in [2.05, 4.69) is 5.10 Å². The average molecular weight is 283 g/mol. The third-order valence-corrected chi connectivity index (χ3v) is 2.86. The number of nitrogens with two attached hydrogens (primary N) is 1. The molecule has 1 rings (SSSR count). The lowest BCUT2D eigenvalue weighted by atomic mass is 10.3. The van der Waals surface area contributed by atoms with Crippen molar-refractivity contribution < 1.29 is 9.53 Å². The highest BCUT2D eigenvalue weighted by atomic mass is 16.5. The van der Waals surface area contributed by atoms with Crippen molar-refractivity contribution in [3.63, 3.8) is 0 Å². The molecule has 8 nitrogen and oxygen atoms in total. The first kappa shape index (κ1) is 16.1. The molecule has 0 fully saturated rings. The molecular weight excluding hydrogens is 262 g/mol. The number of likely N-dealkylation sites (N-methyl/N-ethyl adjacent to an activating group) is 1. The first-order valence-corrected chi connectivity index (χ1v) is 6.35. The number of aryl methyl sites for hydroxylation is 1. The summed E-state index contributed by atoms with van der Waals surface area (Å²) in [6.45, 7) is 1.64. The highest BCUT2D eigenvalue weighted by molar-refractivity contribution is 5.75. The van der Waals surface area contributed by atoms with Gasteiger partial charge in [0.25, 0.3) is 5.56 Å². The predicted octanol–water partition coefficient (Wildman–Crippen LogP) is -0.904. The molecule has 0 unspecified atom stereocenters. The van der Waals surface area contributed by atoms with Crippen molar-refractivity contribution in [1.29, 1.82) is 0 Å². The lowest BCUT2D eigenvalue weighted by Gasteiger charge is -2.18. The molecule has 0 radical (unpaired) electrons. The van der Waals surface area contributed by atoms with Gasteiger partial charge in [-0.3, -0.25) is 15.0 Å². The summed E-state index contributed by atoms with van der Waals surface area (Å²) in [5.74, 6) is 4.72. The molecule has 1 aromatic heterocycles. The molecule has 0 aliphatic carbocycles. The van der Waals surface area contributed by atoms with E-state index < -0.39 is 0 Å². The molecule has 0 saturated carbocycles. The third kappa shape index (κ3) is 4.98. The first-order chi connectivity index (χ1) is 9.58. The molecule has 0 bridgehead atoms. The smallest absolute Gasteiger partial charge is 0.268 e. The van der Waals surface area contributed by atoms with Gasteiger partial charge in [-0.25, -0.2) is 10.5 Å². The predicted molar refractivity (Wildman–Crippen MR) is 75.2 cm³/mol. The van der Waals surface area contributed by atoms with Crippen molar-refractivity contribution in [2.45, 2.75) is 19.4 Å². The Hall–Kier alpha value is -1.93. The Balaban J connectivity index is 2.59. The Morgan fingerprint density at radius 2 is 2.35 bits per heavy atom. The highest BCUT2D eigenvalue weighted by Gasteiger charge is 2.05. The topological polar surface area (TPSA) is 102 Å². The molecule has 0 aliphatic rings. The number of anilines is 1.